The minimum Gasteiger partial charge on any atom is -0.481 e. The van der Waals surface area contributed by atoms with Crippen LogP contribution in [-0.4, -0.2) is 22.3 Å². The van der Waals surface area contributed by atoms with Gasteiger partial charge in [-0.2, -0.15) is 0 Å². The summed E-state index contributed by atoms with van der Waals surface area (Å²) in [6.45, 7) is 2.15. The zero-order chi connectivity index (χ0) is 15.8. The van der Waals surface area contributed by atoms with Crippen LogP contribution in [0, 0.1) is 0 Å². The third-order valence-electron chi connectivity index (χ3n) is 2.85. The lowest BCUT2D eigenvalue weighted by Gasteiger charge is -2.02. The Bertz CT molecular complexity index is 365. The van der Waals surface area contributed by atoms with Gasteiger partial charge < -0.3 is 10.2 Å². The van der Waals surface area contributed by atoms with Crippen LogP contribution in [0.1, 0.15) is 51.9 Å². The second-order valence-electron chi connectivity index (χ2n) is 4.89. The molecule has 3 nitrogen and oxygen atoms in total. The number of aliphatic hydroxyl groups excluding tert-OH is 1. The fourth-order valence-corrected chi connectivity index (χ4v) is 1.68. The molecule has 0 aromatic carbocycles. The van der Waals surface area contributed by atoms with Gasteiger partial charge in [-0.1, -0.05) is 74.8 Å². The second kappa shape index (κ2) is 14.8. The Kier molecular flexibility index (Phi) is 13.7. The van der Waals surface area contributed by atoms with Crippen LogP contribution in [0.2, 0.25) is 0 Å². The van der Waals surface area contributed by atoms with Crippen LogP contribution in [0.3, 0.4) is 0 Å². The number of aliphatic hydroxyl groups is 1. The molecule has 118 valence electrons. The van der Waals surface area contributed by atoms with Crippen LogP contribution in [-0.2, 0) is 4.79 Å². The number of carbonyl (C=O) groups is 1. The van der Waals surface area contributed by atoms with E-state index in [1.54, 1.807) is 6.08 Å². The normalized spacial score (nSPS) is 14.0. The Labute approximate surface area is 128 Å². The zero-order valence-corrected chi connectivity index (χ0v) is 12.9. The highest BCUT2D eigenvalue weighted by molar-refractivity contribution is 5.68. The topological polar surface area (TPSA) is 57.5 Å². The summed E-state index contributed by atoms with van der Waals surface area (Å²) in [4.78, 5) is 10.3. The summed E-state index contributed by atoms with van der Waals surface area (Å²) >= 11 is 0. The number of allylic oxidation sites excluding steroid dienone is 6. The maximum absolute atomic E-state index is 10.3. The van der Waals surface area contributed by atoms with Crippen molar-refractivity contribution in [3.8, 4) is 0 Å². The Morgan fingerprint density at radius 2 is 1.67 bits per heavy atom. The van der Waals surface area contributed by atoms with Crippen molar-refractivity contribution in [3.05, 3.63) is 48.6 Å². The molecule has 0 aliphatic rings. The molecular formula is C18H28O3. The molecule has 21 heavy (non-hydrogen) atoms. The van der Waals surface area contributed by atoms with Gasteiger partial charge in [0.1, 0.15) is 0 Å². The van der Waals surface area contributed by atoms with Crippen molar-refractivity contribution in [3.63, 3.8) is 0 Å². The number of hydrogen-bond acceptors (Lipinski definition) is 2. The number of rotatable bonds is 12. The third-order valence-corrected chi connectivity index (χ3v) is 2.85. The molecule has 0 aliphatic heterocycles. The largest absolute Gasteiger partial charge is 0.481 e. The minimum atomic E-state index is -0.804. The predicted octanol–water partition coefficient (Wildman–Crippen LogP) is 4.41. The van der Waals surface area contributed by atoms with Crippen molar-refractivity contribution in [2.45, 2.75) is 58.0 Å². The van der Waals surface area contributed by atoms with Gasteiger partial charge in [0, 0.05) is 0 Å². The van der Waals surface area contributed by atoms with Gasteiger partial charge in [0.15, 0.2) is 0 Å². The average Bonchev–Trinajstić information content (AvgIpc) is 2.44. The highest BCUT2D eigenvalue weighted by Gasteiger charge is 1.96. The van der Waals surface area contributed by atoms with Gasteiger partial charge >= 0.3 is 5.97 Å². The van der Waals surface area contributed by atoms with Crippen molar-refractivity contribution >= 4 is 5.97 Å². The van der Waals surface area contributed by atoms with Gasteiger partial charge in [-0.15, -0.1) is 0 Å². The summed E-state index contributed by atoms with van der Waals surface area (Å²) in [6, 6.07) is 0. The van der Waals surface area contributed by atoms with Crippen LogP contribution in [0.15, 0.2) is 48.6 Å². The lowest BCUT2D eigenvalue weighted by molar-refractivity contribution is -0.136. The van der Waals surface area contributed by atoms with Crippen molar-refractivity contribution in [1.82, 2.24) is 0 Å². The van der Waals surface area contributed by atoms with Crippen LogP contribution >= 0.6 is 0 Å². The molecule has 0 rings (SSSR count). The van der Waals surface area contributed by atoms with E-state index in [0.29, 0.717) is 0 Å². The standard InChI is InChI=1S/C18H28O3/c1-2-3-11-14-17(19)15-12-9-7-5-4-6-8-10-13-16-18(20)21/h4,6-7,9-10,12-13,15,17,19H,2-3,5,8,11,14,16H2,1H3,(H,20,21)/b6-4-,9-7-,13-10-,15-12+. The number of carboxylic acid groups (broad SMARTS) is 1. The number of carboxylic acids is 1. The average molecular weight is 292 g/mol. The molecule has 0 radical (unpaired) electrons. The first kappa shape index (κ1) is 19.4. The van der Waals surface area contributed by atoms with E-state index in [0.717, 1.165) is 25.7 Å². The third kappa shape index (κ3) is 16.3. The first-order valence-corrected chi connectivity index (χ1v) is 7.70. The predicted molar refractivity (Wildman–Crippen MR) is 88.2 cm³/mol. The van der Waals surface area contributed by atoms with Gasteiger partial charge in [-0.25, -0.2) is 0 Å². The molecule has 2 N–H and O–H groups in total. The molecule has 0 amide bonds. The molecule has 0 bridgehead atoms. The van der Waals surface area contributed by atoms with Crippen LogP contribution < -0.4 is 0 Å². The fourth-order valence-electron chi connectivity index (χ4n) is 1.68. The van der Waals surface area contributed by atoms with Crippen molar-refractivity contribution < 1.29 is 15.0 Å². The zero-order valence-electron chi connectivity index (χ0n) is 12.9. The summed E-state index contributed by atoms with van der Waals surface area (Å²) < 4.78 is 0. The van der Waals surface area contributed by atoms with Gasteiger partial charge in [-0.3, -0.25) is 4.79 Å². The lowest BCUT2D eigenvalue weighted by atomic mass is 10.1. The maximum Gasteiger partial charge on any atom is 0.307 e. The molecule has 0 saturated heterocycles. The van der Waals surface area contributed by atoms with E-state index in [1.165, 1.54) is 12.8 Å². The number of hydrogen-bond donors (Lipinski definition) is 2. The summed E-state index contributed by atoms with van der Waals surface area (Å²) in [5.41, 5.74) is 0. The van der Waals surface area contributed by atoms with E-state index in [2.05, 4.69) is 6.92 Å². The monoisotopic (exact) mass is 292 g/mol. The Morgan fingerprint density at radius 3 is 2.33 bits per heavy atom. The van der Waals surface area contributed by atoms with E-state index in [-0.39, 0.29) is 12.5 Å². The SMILES string of the molecule is CCCCCC(O)/C=C/C=C\C/C=C\C/C=C\CC(=O)O. The summed E-state index contributed by atoms with van der Waals surface area (Å²) in [5.74, 6) is -0.804. The van der Waals surface area contributed by atoms with E-state index < -0.39 is 5.97 Å². The summed E-state index contributed by atoms with van der Waals surface area (Å²) in [6.07, 6.45) is 20.8. The molecule has 0 saturated carbocycles. The van der Waals surface area contributed by atoms with Gasteiger partial charge in [0.2, 0.25) is 0 Å². The van der Waals surface area contributed by atoms with E-state index in [1.807, 2.05) is 42.5 Å². The number of aliphatic carboxylic acids is 1. The molecule has 0 spiro atoms. The molecule has 0 aromatic heterocycles. The lowest BCUT2D eigenvalue weighted by Crippen LogP contribution is -2.00. The second-order valence-corrected chi connectivity index (χ2v) is 4.89. The van der Waals surface area contributed by atoms with E-state index >= 15 is 0 Å². The van der Waals surface area contributed by atoms with Crippen LogP contribution in [0.4, 0.5) is 0 Å². The molecule has 0 aliphatic carbocycles. The van der Waals surface area contributed by atoms with Crippen LogP contribution in [0.5, 0.6) is 0 Å². The number of unbranched alkanes of at least 4 members (excludes halogenated alkanes) is 2. The smallest absolute Gasteiger partial charge is 0.307 e. The van der Waals surface area contributed by atoms with Gasteiger partial charge in [-0.05, 0) is 19.3 Å². The highest BCUT2D eigenvalue weighted by atomic mass is 16.4. The Morgan fingerprint density at radius 1 is 1.00 bits per heavy atom. The quantitative estimate of drug-likeness (QED) is 0.318. The molecule has 0 heterocycles. The van der Waals surface area contributed by atoms with Crippen LogP contribution in [0.25, 0.3) is 0 Å². The summed E-state index contributed by atoms with van der Waals surface area (Å²) in [5, 5.41) is 18.1. The maximum atomic E-state index is 10.3. The Balaban J connectivity index is 3.62. The fraction of sp³-hybridized carbons (Fsp3) is 0.500. The van der Waals surface area contributed by atoms with E-state index in [4.69, 9.17) is 5.11 Å². The first-order valence-electron chi connectivity index (χ1n) is 7.70. The van der Waals surface area contributed by atoms with Crippen molar-refractivity contribution in [1.29, 1.82) is 0 Å². The molecule has 0 fully saturated rings. The molecule has 1 unspecified atom stereocenters. The minimum absolute atomic E-state index is 0.0825. The molecular weight excluding hydrogens is 264 g/mol. The first-order chi connectivity index (χ1) is 10.2. The van der Waals surface area contributed by atoms with Gasteiger partial charge in [0.05, 0.1) is 12.5 Å². The van der Waals surface area contributed by atoms with Crippen molar-refractivity contribution in [2.75, 3.05) is 0 Å². The Hall–Kier alpha value is -1.61. The van der Waals surface area contributed by atoms with E-state index in [9.17, 15) is 9.90 Å². The molecule has 3 heteroatoms. The molecule has 0 aromatic rings. The van der Waals surface area contributed by atoms with Crippen molar-refractivity contribution in [2.24, 2.45) is 0 Å². The summed E-state index contributed by atoms with van der Waals surface area (Å²) in [7, 11) is 0. The molecule has 1 atom stereocenters. The van der Waals surface area contributed by atoms with Gasteiger partial charge in [0.25, 0.3) is 0 Å². The highest BCUT2D eigenvalue weighted by Crippen LogP contribution is 2.04.